The van der Waals surface area contributed by atoms with E-state index in [0.29, 0.717) is 24.7 Å². The van der Waals surface area contributed by atoms with Crippen molar-refractivity contribution in [2.75, 3.05) is 13.2 Å². The molecule has 0 aliphatic carbocycles. The third-order valence-electron chi connectivity index (χ3n) is 5.54. The van der Waals surface area contributed by atoms with Gasteiger partial charge in [-0.25, -0.2) is 9.50 Å². The van der Waals surface area contributed by atoms with Gasteiger partial charge in [-0.15, -0.1) is 0 Å². The van der Waals surface area contributed by atoms with Crippen LogP contribution in [-0.4, -0.2) is 45.7 Å². The predicted octanol–water partition coefficient (Wildman–Crippen LogP) is 3.78. The molecule has 9 heteroatoms. The van der Waals surface area contributed by atoms with Gasteiger partial charge in [-0.3, -0.25) is 24.5 Å². The molecular formula is C25H39N5O4. The van der Waals surface area contributed by atoms with Crippen LogP contribution in [0.5, 0.6) is 0 Å². The first-order chi connectivity index (χ1) is 16.3. The number of rotatable bonds is 9. The molecule has 9 nitrogen and oxygen atoms in total. The fourth-order valence-electron chi connectivity index (χ4n) is 3.46. The van der Waals surface area contributed by atoms with Gasteiger partial charge in [0.15, 0.2) is 5.65 Å². The van der Waals surface area contributed by atoms with Gasteiger partial charge < -0.3 is 10.5 Å². The number of carbonyl (C=O) groups is 2. The number of hydrogen-bond donors (Lipinski definition) is 2. The Kier molecular flexibility index (Phi) is 13.2. The molecule has 3 N–H and O–H groups in total. The quantitative estimate of drug-likeness (QED) is 0.421. The van der Waals surface area contributed by atoms with Crippen LogP contribution in [0.15, 0.2) is 39.9 Å². The molecule has 3 heterocycles. The molecule has 34 heavy (non-hydrogen) atoms. The lowest BCUT2D eigenvalue weighted by atomic mass is 9.96. The van der Waals surface area contributed by atoms with E-state index in [0.717, 1.165) is 37.1 Å². The summed E-state index contributed by atoms with van der Waals surface area (Å²) in [7, 11) is 0. The van der Waals surface area contributed by atoms with Crippen LogP contribution in [0, 0.1) is 5.92 Å². The van der Waals surface area contributed by atoms with E-state index in [4.69, 9.17) is 10.5 Å². The van der Waals surface area contributed by atoms with Crippen molar-refractivity contribution in [2.24, 2.45) is 16.6 Å². The van der Waals surface area contributed by atoms with Gasteiger partial charge >= 0.3 is 5.97 Å². The summed E-state index contributed by atoms with van der Waals surface area (Å²) in [6.07, 6.45) is 8.81. The summed E-state index contributed by atoms with van der Waals surface area (Å²) in [6.45, 7) is 10.9. The minimum atomic E-state index is -0.403. The molecule has 0 radical (unpaired) electrons. The van der Waals surface area contributed by atoms with E-state index in [2.05, 4.69) is 28.9 Å². The zero-order valence-electron chi connectivity index (χ0n) is 21.0. The number of hydrogen-bond acceptors (Lipinski definition) is 7. The molecule has 0 bridgehead atoms. The number of nitrogens with two attached hydrogens (primary N) is 1. The minimum Gasteiger partial charge on any atom is -0.466 e. The number of ether oxygens (including phenoxy) is 1. The first-order valence-electron chi connectivity index (χ1n) is 12.0. The van der Waals surface area contributed by atoms with Crippen molar-refractivity contribution in [1.82, 2.24) is 14.6 Å². The van der Waals surface area contributed by atoms with Crippen LogP contribution in [0.25, 0.3) is 5.65 Å². The number of fused-ring (bicyclic) bond motifs is 1. The number of Topliss-reactive ketones (excluding diaryl/α,β-unsaturated/α-hetero) is 1. The van der Waals surface area contributed by atoms with Crippen molar-refractivity contribution < 1.29 is 14.3 Å². The molecule has 0 aromatic carbocycles. The molecule has 2 aromatic heterocycles. The number of allylic oxidation sites excluding steroid dienone is 1. The topological polar surface area (TPSA) is 132 Å². The van der Waals surface area contributed by atoms with Gasteiger partial charge in [-0.05, 0) is 38.7 Å². The maximum absolute atomic E-state index is 11.7. The number of H-pyrrole nitrogens is 1. The van der Waals surface area contributed by atoms with Crippen LogP contribution >= 0.6 is 0 Å². The van der Waals surface area contributed by atoms with E-state index in [1.807, 2.05) is 19.9 Å². The van der Waals surface area contributed by atoms with Gasteiger partial charge in [0.1, 0.15) is 12.2 Å². The summed E-state index contributed by atoms with van der Waals surface area (Å²) >= 11 is 0. The molecule has 0 saturated heterocycles. The number of aromatic amines is 1. The molecule has 0 spiro atoms. The van der Waals surface area contributed by atoms with Gasteiger partial charge in [0.05, 0.1) is 18.8 Å². The Bertz CT molecular complexity index is 1010. The maximum atomic E-state index is 11.7. The van der Waals surface area contributed by atoms with Gasteiger partial charge in [-0.1, -0.05) is 27.7 Å². The smallest absolute Gasteiger partial charge is 0.313 e. The average Bonchev–Trinajstić information content (AvgIpc) is 3.48. The predicted molar refractivity (Wildman–Crippen MR) is 135 cm³/mol. The van der Waals surface area contributed by atoms with Crippen LogP contribution in [-0.2, 0) is 14.3 Å². The summed E-state index contributed by atoms with van der Waals surface area (Å²) in [5.41, 5.74) is 7.70. The number of ketones is 1. The van der Waals surface area contributed by atoms with Crippen LogP contribution in [0.4, 0.5) is 0 Å². The van der Waals surface area contributed by atoms with Crippen molar-refractivity contribution in [3.05, 3.63) is 46.2 Å². The molecule has 1 aliphatic rings. The SMILES string of the molecule is CCC(CC)c1cc(=O)n2[nH]ccc2n1.CCOC(=O)CC(=O)C(CC)CC.NC1=CC=NC1. The number of nitrogens with zero attached hydrogens (tertiary/aromatic N) is 3. The fraction of sp³-hybridized carbons (Fsp3) is 0.560. The normalized spacial score (nSPS) is 12.1. The molecule has 0 saturated carbocycles. The maximum Gasteiger partial charge on any atom is 0.313 e. The lowest BCUT2D eigenvalue weighted by molar-refractivity contribution is -0.146. The second-order valence-electron chi connectivity index (χ2n) is 7.88. The molecule has 188 valence electrons. The van der Waals surface area contributed by atoms with Crippen LogP contribution in [0.1, 0.15) is 78.3 Å². The molecule has 0 unspecified atom stereocenters. The van der Waals surface area contributed by atoms with E-state index < -0.39 is 5.97 Å². The lowest BCUT2D eigenvalue weighted by Gasteiger charge is -2.10. The monoisotopic (exact) mass is 473 g/mol. The van der Waals surface area contributed by atoms with E-state index >= 15 is 0 Å². The first kappa shape index (κ1) is 28.8. The van der Waals surface area contributed by atoms with Gasteiger partial charge in [0.2, 0.25) is 0 Å². The third-order valence-corrected chi connectivity index (χ3v) is 5.54. The van der Waals surface area contributed by atoms with E-state index in [1.54, 1.807) is 31.5 Å². The zero-order chi connectivity index (χ0) is 25.5. The molecule has 3 rings (SSSR count). The third kappa shape index (κ3) is 9.33. The van der Waals surface area contributed by atoms with Gasteiger partial charge in [0.25, 0.3) is 5.56 Å². The number of carbonyl (C=O) groups excluding carboxylic acids is 2. The molecule has 0 amide bonds. The summed E-state index contributed by atoms with van der Waals surface area (Å²) in [5.74, 6) is 0.00450. The van der Waals surface area contributed by atoms with Crippen LogP contribution < -0.4 is 11.3 Å². The Balaban J connectivity index is 0.000000277. The molecule has 2 aromatic rings. The van der Waals surface area contributed by atoms with E-state index in [-0.39, 0.29) is 23.7 Å². The summed E-state index contributed by atoms with van der Waals surface area (Å²) in [6, 6.07) is 3.44. The standard InChI is InChI=1S/C11H15N3O.C10H18O3.C4H6N2/c1-3-8(4-2)9-7-11(15)14-10(13-9)5-6-12-14;1-4-8(5-2)9(11)7-10(12)13-6-3;5-4-1-2-6-3-4/h5-8,12H,3-4H2,1-2H3;8H,4-7H2,1-3H3;1-2H,3,5H2. The number of esters is 1. The summed E-state index contributed by atoms with van der Waals surface area (Å²) in [5, 5.41) is 2.83. The molecule has 0 fully saturated rings. The average molecular weight is 474 g/mol. The highest BCUT2D eigenvalue weighted by molar-refractivity contribution is 5.96. The first-order valence-corrected chi connectivity index (χ1v) is 12.0. The Morgan fingerprint density at radius 2 is 1.82 bits per heavy atom. The highest BCUT2D eigenvalue weighted by atomic mass is 16.5. The van der Waals surface area contributed by atoms with Crippen LogP contribution in [0.2, 0.25) is 0 Å². The highest BCUT2D eigenvalue weighted by Crippen LogP contribution is 2.19. The second kappa shape index (κ2) is 15.6. The molecule has 0 atom stereocenters. The fourth-order valence-corrected chi connectivity index (χ4v) is 3.46. The van der Waals surface area contributed by atoms with E-state index in [9.17, 15) is 14.4 Å². The minimum absolute atomic E-state index is 0.00319. The largest absolute Gasteiger partial charge is 0.466 e. The lowest BCUT2D eigenvalue weighted by Crippen LogP contribution is -2.18. The molecular weight excluding hydrogens is 434 g/mol. The second-order valence-corrected chi connectivity index (χ2v) is 7.88. The van der Waals surface area contributed by atoms with Gasteiger partial charge in [0, 0.05) is 42.1 Å². The number of aromatic nitrogens is 3. The summed E-state index contributed by atoms with van der Waals surface area (Å²) < 4.78 is 6.14. The van der Waals surface area contributed by atoms with Crippen molar-refractivity contribution >= 4 is 23.6 Å². The molecule has 1 aliphatic heterocycles. The van der Waals surface area contributed by atoms with Crippen molar-refractivity contribution in [1.29, 1.82) is 0 Å². The Labute approximate surface area is 201 Å². The highest BCUT2D eigenvalue weighted by Gasteiger charge is 2.18. The Hall–Kier alpha value is -3.23. The zero-order valence-corrected chi connectivity index (χ0v) is 21.0. The number of nitrogens with one attached hydrogen (secondary N) is 1. The van der Waals surface area contributed by atoms with Gasteiger partial charge in [-0.2, -0.15) is 0 Å². The van der Waals surface area contributed by atoms with Crippen molar-refractivity contribution in [3.8, 4) is 0 Å². The summed E-state index contributed by atoms with van der Waals surface area (Å²) in [4.78, 5) is 42.3. The Morgan fingerprint density at radius 1 is 1.15 bits per heavy atom. The van der Waals surface area contributed by atoms with E-state index in [1.165, 1.54) is 4.52 Å². The van der Waals surface area contributed by atoms with Crippen LogP contribution in [0.3, 0.4) is 0 Å². The van der Waals surface area contributed by atoms with Crippen molar-refractivity contribution in [2.45, 2.75) is 72.6 Å². The number of aliphatic imine (C=N–C) groups is 1. The van der Waals surface area contributed by atoms with Crippen molar-refractivity contribution in [3.63, 3.8) is 0 Å². The Morgan fingerprint density at radius 3 is 2.29 bits per heavy atom.